The third-order valence-corrected chi connectivity index (χ3v) is 3.27. The Bertz CT molecular complexity index is 481. The summed E-state index contributed by atoms with van der Waals surface area (Å²) in [5.74, 6) is 0.571. The van der Waals surface area contributed by atoms with Crippen LogP contribution in [-0.2, 0) is 14.9 Å². The number of carbonyl (C=O) groups excluding carboxylic acids is 1. The van der Waals surface area contributed by atoms with Crippen molar-refractivity contribution < 1.29 is 14.3 Å². The summed E-state index contributed by atoms with van der Waals surface area (Å²) in [6.45, 7) is 12.5. The van der Waals surface area contributed by atoms with Crippen LogP contribution in [0.25, 0.3) is 0 Å². The van der Waals surface area contributed by atoms with Gasteiger partial charge in [-0.2, -0.15) is 0 Å². The molecule has 0 saturated carbocycles. The van der Waals surface area contributed by atoms with E-state index in [4.69, 9.17) is 9.47 Å². The lowest BCUT2D eigenvalue weighted by molar-refractivity contribution is -0.152. The van der Waals surface area contributed by atoms with E-state index in [0.717, 1.165) is 11.3 Å². The fourth-order valence-electron chi connectivity index (χ4n) is 1.95. The second kappa shape index (κ2) is 5.86. The molecule has 0 heterocycles. The van der Waals surface area contributed by atoms with E-state index in [9.17, 15) is 4.79 Å². The van der Waals surface area contributed by atoms with Gasteiger partial charge in [0.2, 0.25) is 0 Å². The summed E-state index contributed by atoms with van der Waals surface area (Å²) in [4.78, 5) is 11.7. The second-order valence-corrected chi connectivity index (χ2v) is 6.91. The normalized spacial score (nSPS) is 12.2. The minimum absolute atomic E-state index is 0.00321. The molecule has 0 aliphatic carbocycles. The summed E-state index contributed by atoms with van der Waals surface area (Å²) in [6.07, 6.45) is 0. The maximum atomic E-state index is 11.7. The predicted molar refractivity (Wildman–Crippen MR) is 81.2 cm³/mol. The monoisotopic (exact) mass is 278 g/mol. The van der Waals surface area contributed by atoms with Gasteiger partial charge in [0, 0.05) is 0 Å². The highest BCUT2D eigenvalue weighted by Gasteiger charge is 2.30. The van der Waals surface area contributed by atoms with Crippen molar-refractivity contribution in [1.29, 1.82) is 0 Å². The molecule has 0 saturated heterocycles. The topological polar surface area (TPSA) is 35.5 Å². The molecule has 0 N–H and O–H groups in total. The lowest BCUT2D eigenvalue weighted by Gasteiger charge is -2.26. The standard InChI is InChI=1S/C17H26O3/c1-12-8-9-14(13(10-12)16(2,3)4)20-11-17(5,6)15(18)19-7/h8-10H,11H2,1-7H3. The molecule has 0 aliphatic heterocycles. The average molecular weight is 278 g/mol. The van der Waals surface area contributed by atoms with Crippen molar-refractivity contribution >= 4 is 5.97 Å². The van der Waals surface area contributed by atoms with Crippen molar-refractivity contribution in [3.8, 4) is 5.75 Å². The molecular weight excluding hydrogens is 252 g/mol. The summed E-state index contributed by atoms with van der Waals surface area (Å²) in [5.41, 5.74) is 1.69. The zero-order chi connectivity index (χ0) is 15.6. The molecule has 0 aliphatic rings. The molecule has 1 aromatic rings. The zero-order valence-electron chi connectivity index (χ0n) is 13.7. The number of benzene rings is 1. The van der Waals surface area contributed by atoms with E-state index in [1.807, 2.05) is 26.0 Å². The maximum Gasteiger partial charge on any atom is 0.314 e. The fraction of sp³-hybridized carbons (Fsp3) is 0.588. The van der Waals surface area contributed by atoms with Crippen LogP contribution in [-0.4, -0.2) is 19.7 Å². The van der Waals surface area contributed by atoms with Gasteiger partial charge in [-0.25, -0.2) is 0 Å². The Kier molecular flexibility index (Phi) is 4.85. The quantitative estimate of drug-likeness (QED) is 0.784. The van der Waals surface area contributed by atoms with Crippen LogP contribution in [0, 0.1) is 12.3 Å². The third-order valence-electron chi connectivity index (χ3n) is 3.27. The van der Waals surface area contributed by atoms with Crippen LogP contribution in [0.1, 0.15) is 45.7 Å². The lowest BCUT2D eigenvalue weighted by Crippen LogP contribution is -2.32. The molecule has 0 atom stereocenters. The summed E-state index contributed by atoms with van der Waals surface area (Å²) >= 11 is 0. The van der Waals surface area contributed by atoms with Gasteiger partial charge >= 0.3 is 5.97 Å². The van der Waals surface area contributed by atoms with E-state index in [2.05, 4.69) is 33.8 Å². The first-order valence-electron chi connectivity index (χ1n) is 6.90. The van der Waals surface area contributed by atoms with E-state index in [-0.39, 0.29) is 11.4 Å². The van der Waals surface area contributed by atoms with Crippen LogP contribution in [0.5, 0.6) is 5.75 Å². The Morgan fingerprint density at radius 2 is 1.75 bits per heavy atom. The minimum atomic E-state index is -0.658. The molecular formula is C17H26O3. The van der Waals surface area contributed by atoms with Gasteiger partial charge < -0.3 is 9.47 Å². The SMILES string of the molecule is COC(=O)C(C)(C)COc1ccc(C)cc1C(C)(C)C. The van der Waals surface area contributed by atoms with Gasteiger partial charge in [-0.05, 0) is 37.8 Å². The third kappa shape index (κ3) is 3.99. The Morgan fingerprint density at radius 1 is 1.15 bits per heavy atom. The first-order valence-corrected chi connectivity index (χ1v) is 6.90. The molecule has 0 fully saturated rings. The number of ether oxygens (including phenoxy) is 2. The number of hydrogen-bond acceptors (Lipinski definition) is 3. The summed E-state index contributed by atoms with van der Waals surface area (Å²) in [7, 11) is 1.40. The van der Waals surface area contributed by atoms with Crippen LogP contribution in [0.4, 0.5) is 0 Å². The van der Waals surface area contributed by atoms with Crippen molar-refractivity contribution in [2.24, 2.45) is 5.41 Å². The van der Waals surface area contributed by atoms with Crippen molar-refractivity contribution in [3.05, 3.63) is 29.3 Å². The lowest BCUT2D eigenvalue weighted by atomic mass is 9.85. The number of carbonyl (C=O) groups is 1. The molecule has 0 radical (unpaired) electrons. The molecule has 112 valence electrons. The molecule has 0 spiro atoms. The van der Waals surface area contributed by atoms with Crippen molar-refractivity contribution in [3.63, 3.8) is 0 Å². The van der Waals surface area contributed by atoms with Crippen LogP contribution < -0.4 is 4.74 Å². The van der Waals surface area contributed by atoms with Gasteiger partial charge in [0.1, 0.15) is 12.4 Å². The van der Waals surface area contributed by atoms with Crippen LogP contribution in [0.3, 0.4) is 0 Å². The average Bonchev–Trinajstić information content (AvgIpc) is 2.35. The van der Waals surface area contributed by atoms with Crippen LogP contribution >= 0.6 is 0 Å². The zero-order valence-corrected chi connectivity index (χ0v) is 13.7. The first-order chi connectivity index (χ1) is 9.08. The highest BCUT2D eigenvalue weighted by Crippen LogP contribution is 2.33. The smallest absolute Gasteiger partial charge is 0.314 e. The van der Waals surface area contributed by atoms with Gasteiger partial charge in [-0.15, -0.1) is 0 Å². The molecule has 1 rings (SSSR count). The van der Waals surface area contributed by atoms with Crippen LogP contribution in [0.2, 0.25) is 0 Å². The predicted octanol–water partition coefficient (Wildman–Crippen LogP) is 3.87. The Labute approximate surface area is 122 Å². The molecule has 0 aromatic heterocycles. The molecule has 3 heteroatoms. The fourth-order valence-corrected chi connectivity index (χ4v) is 1.95. The molecule has 0 bridgehead atoms. The van der Waals surface area contributed by atoms with Crippen molar-refractivity contribution in [1.82, 2.24) is 0 Å². The highest BCUT2D eigenvalue weighted by molar-refractivity contribution is 5.75. The maximum absolute atomic E-state index is 11.7. The van der Waals surface area contributed by atoms with E-state index < -0.39 is 5.41 Å². The number of rotatable bonds is 4. The number of aryl methyl sites for hydroxylation is 1. The number of esters is 1. The molecule has 20 heavy (non-hydrogen) atoms. The van der Waals surface area contributed by atoms with Gasteiger partial charge in [-0.1, -0.05) is 38.5 Å². The summed E-state index contributed by atoms with van der Waals surface area (Å²) < 4.78 is 10.7. The first kappa shape index (κ1) is 16.5. The second-order valence-electron chi connectivity index (χ2n) is 6.91. The number of methoxy groups -OCH3 is 1. The highest BCUT2D eigenvalue weighted by atomic mass is 16.5. The van der Waals surface area contributed by atoms with E-state index in [1.165, 1.54) is 12.7 Å². The van der Waals surface area contributed by atoms with E-state index in [0.29, 0.717) is 6.61 Å². The molecule has 0 unspecified atom stereocenters. The van der Waals surface area contributed by atoms with Crippen molar-refractivity contribution in [2.45, 2.75) is 47.0 Å². The molecule has 3 nitrogen and oxygen atoms in total. The van der Waals surface area contributed by atoms with Gasteiger partial charge in [-0.3, -0.25) is 4.79 Å². The van der Waals surface area contributed by atoms with Crippen molar-refractivity contribution in [2.75, 3.05) is 13.7 Å². The number of hydrogen-bond donors (Lipinski definition) is 0. The van der Waals surface area contributed by atoms with Gasteiger partial charge in [0.15, 0.2) is 0 Å². The Balaban J connectivity index is 2.97. The summed E-state index contributed by atoms with van der Waals surface area (Å²) in [5, 5.41) is 0. The largest absolute Gasteiger partial charge is 0.492 e. The molecule has 0 amide bonds. The van der Waals surface area contributed by atoms with Crippen LogP contribution in [0.15, 0.2) is 18.2 Å². The van der Waals surface area contributed by atoms with Gasteiger partial charge in [0.25, 0.3) is 0 Å². The van der Waals surface area contributed by atoms with E-state index >= 15 is 0 Å². The van der Waals surface area contributed by atoms with Gasteiger partial charge in [0.05, 0.1) is 12.5 Å². The minimum Gasteiger partial charge on any atom is -0.492 e. The van der Waals surface area contributed by atoms with E-state index in [1.54, 1.807) is 0 Å². The molecule has 1 aromatic carbocycles. The Hall–Kier alpha value is -1.51. The Morgan fingerprint density at radius 3 is 2.25 bits per heavy atom. The summed E-state index contributed by atoms with van der Waals surface area (Å²) in [6, 6.07) is 6.14.